The maximum Gasteiger partial charge on any atom is 0.335 e. The van der Waals surface area contributed by atoms with Crippen LogP contribution in [-0.4, -0.2) is 32.1 Å². The zero-order valence-corrected chi connectivity index (χ0v) is 19.9. The average molecular weight is 493 g/mol. The summed E-state index contributed by atoms with van der Waals surface area (Å²) in [7, 11) is 0. The molecule has 37 heavy (non-hydrogen) atoms. The molecule has 0 fully saturated rings. The monoisotopic (exact) mass is 492 g/mol. The van der Waals surface area contributed by atoms with Crippen molar-refractivity contribution in [3.63, 3.8) is 0 Å². The second-order valence-electron chi connectivity index (χ2n) is 7.99. The first-order valence-corrected chi connectivity index (χ1v) is 11.4. The van der Waals surface area contributed by atoms with Crippen molar-refractivity contribution in [2.45, 2.75) is 6.92 Å². The van der Waals surface area contributed by atoms with Crippen molar-refractivity contribution >= 4 is 34.7 Å². The van der Waals surface area contributed by atoms with Gasteiger partial charge in [0, 0.05) is 11.4 Å². The molecule has 4 aromatic rings. The summed E-state index contributed by atoms with van der Waals surface area (Å²) < 4.78 is 0. The van der Waals surface area contributed by atoms with Crippen molar-refractivity contribution < 1.29 is 19.8 Å². The summed E-state index contributed by atoms with van der Waals surface area (Å²) in [5.74, 6) is -2.32. The normalized spacial score (nSPS) is 11.7. The lowest BCUT2D eigenvalue weighted by molar-refractivity contribution is -0.132. The Kier molecular flexibility index (Phi) is 7.40. The molecule has 0 saturated carbocycles. The van der Waals surface area contributed by atoms with E-state index in [-0.39, 0.29) is 22.5 Å². The number of aromatic nitrogens is 2. The predicted octanol–water partition coefficient (Wildman–Crippen LogP) is 5.64. The molecule has 2 heterocycles. The number of para-hydroxylation sites is 2. The molecule has 4 N–H and O–H groups in total. The molecule has 0 spiro atoms. The number of rotatable bonds is 8. The van der Waals surface area contributed by atoms with E-state index in [9.17, 15) is 19.8 Å². The van der Waals surface area contributed by atoms with Gasteiger partial charge in [0.15, 0.2) is 0 Å². The van der Waals surface area contributed by atoms with Crippen molar-refractivity contribution in [3.8, 4) is 11.4 Å². The van der Waals surface area contributed by atoms with Gasteiger partial charge in [0.05, 0.1) is 45.8 Å². The third-order valence-electron chi connectivity index (χ3n) is 5.53. The van der Waals surface area contributed by atoms with Gasteiger partial charge < -0.3 is 20.8 Å². The SMILES string of the molecule is C/C=C(\C=C(/N)c1cc(C(=O)O)cc(-c2ccc(N(c3ccccc3)c3ccccc3)cn2)n1)C(=O)O. The highest BCUT2D eigenvalue weighted by Gasteiger charge is 2.16. The molecule has 0 unspecified atom stereocenters. The van der Waals surface area contributed by atoms with Gasteiger partial charge in [0.2, 0.25) is 0 Å². The quantitative estimate of drug-likeness (QED) is 0.213. The van der Waals surface area contributed by atoms with Crippen LogP contribution in [0.2, 0.25) is 0 Å². The Balaban J connectivity index is 1.76. The standard InChI is InChI=1S/C29H24N4O4/c1-2-19(28(34)35)15-24(30)26-16-20(29(36)37)17-27(32-26)25-14-13-23(18-31-25)33(21-9-5-3-6-10-21)22-11-7-4-8-12-22/h2-18H,30H2,1H3,(H,34,35)(H,36,37)/b19-2+,24-15-. The summed E-state index contributed by atoms with van der Waals surface area (Å²) in [4.78, 5) is 34.2. The Morgan fingerprint density at radius 2 is 1.46 bits per heavy atom. The van der Waals surface area contributed by atoms with Gasteiger partial charge in [0.25, 0.3) is 0 Å². The Bertz CT molecular complexity index is 1440. The first-order chi connectivity index (χ1) is 17.9. The Labute approximate surface area is 213 Å². The number of aromatic carboxylic acids is 1. The summed E-state index contributed by atoms with van der Waals surface area (Å²) in [6.07, 6.45) is 4.32. The van der Waals surface area contributed by atoms with Crippen LogP contribution in [0.4, 0.5) is 17.1 Å². The summed E-state index contributed by atoms with van der Waals surface area (Å²) >= 11 is 0. The van der Waals surface area contributed by atoms with Crippen LogP contribution >= 0.6 is 0 Å². The predicted molar refractivity (Wildman–Crippen MR) is 143 cm³/mol. The molecule has 0 amide bonds. The number of carbonyl (C=O) groups is 2. The van der Waals surface area contributed by atoms with Crippen LogP contribution in [0.1, 0.15) is 23.0 Å². The number of carboxylic acids is 2. The zero-order chi connectivity index (χ0) is 26.4. The van der Waals surface area contributed by atoms with Gasteiger partial charge in [-0.2, -0.15) is 0 Å². The smallest absolute Gasteiger partial charge is 0.335 e. The number of pyridine rings is 2. The zero-order valence-electron chi connectivity index (χ0n) is 19.9. The van der Waals surface area contributed by atoms with Crippen LogP contribution in [0.5, 0.6) is 0 Å². The first-order valence-electron chi connectivity index (χ1n) is 11.4. The van der Waals surface area contributed by atoms with Crippen molar-refractivity contribution in [1.29, 1.82) is 0 Å². The van der Waals surface area contributed by atoms with E-state index >= 15 is 0 Å². The highest BCUT2D eigenvalue weighted by molar-refractivity contribution is 5.93. The third-order valence-corrected chi connectivity index (χ3v) is 5.53. The van der Waals surface area contributed by atoms with E-state index in [0.29, 0.717) is 11.4 Å². The molecule has 0 atom stereocenters. The summed E-state index contributed by atoms with van der Waals surface area (Å²) in [6.45, 7) is 1.57. The number of nitrogens with zero attached hydrogens (tertiary/aromatic N) is 3. The molecule has 0 aliphatic heterocycles. The number of aliphatic carboxylic acids is 1. The lowest BCUT2D eigenvalue weighted by Gasteiger charge is -2.25. The summed E-state index contributed by atoms with van der Waals surface area (Å²) in [5.41, 5.74) is 9.60. The number of hydrogen-bond acceptors (Lipinski definition) is 6. The molecule has 0 radical (unpaired) electrons. The molecule has 184 valence electrons. The van der Waals surface area contributed by atoms with Gasteiger partial charge in [-0.25, -0.2) is 14.6 Å². The Hall–Kier alpha value is -5.24. The Morgan fingerprint density at radius 3 is 1.95 bits per heavy atom. The second-order valence-corrected chi connectivity index (χ2v) is 7.99. The maximum absolute atomic E-state index is 11.8. The molecule has 8 heteroatoms. The lowest BCUT2D eigenvalue weighted by Crippen LogP contribution is -2.10. The number of nitrogens with two attached hydrogens (primary N) is 1. The molecule has 0 bridgehead atoms. The fourth-order valence-corrected chi connectivity index (χ4v) is 3.71. The molecule has 0 aliphatic carbocycles. The Morgan fingerprint density at radius 1 is 0.838 bits per heavy atom. The van der Waals surface area contributed by atoms with E-state index in [0.717, 1.165) is 17.1 Å². The fourth-order valence-electron chi connectivity index (χ4n) is 3.71. The molecule has 4 rings (SSSR count). The molecule has 2 aromatic heterocycles. The van der Waals surface area contributed by atoms with Gasteiger partial charge in [0.1, 0.15) is 0 Å². The van der Waals surface area contributed by atoms with Gasteiger partial charge in [-0.1, -0.05) is 42.5 Å². The number of allylic oxidation sites excluding steroid dienone is 1. The van der Waals surface area contributed by atoms with Crippen LogP contribution in [0, 0.1) is 0 Å². The number of carboxylic acid groups (broad SMARTS) is 2. The van der Waals surface area contributed by atoms with Crippen LogP contribution in [-0.2, 0) is 4.79 Å². The number of hydrogen-bond donors (Lipinski definition) is 3. The highest BCUT2D eigenvalue weighted by atomic mass is 16.4. The average Bonchev–Trinajstić information content (AvgIpc) is 2.93. The summed E-state index contributed by atoms with van der Waals surface area (Å²) in [5, 5.41) is 18.9. The van der Waals surface area contributed by atoms with Crippen LogP contribution < -0.4 is 10.6 Å². The minimum absolute atomic E-state index is 0.0239. The molecule has 0 saturated heterocycles. The van der Waals surface area contributed by atoms with E-state index in [1.54, 1.807) is 19.2 Å². The third kappa shape index (κ3) is 5.71. The van der Waals surface area contributed by atoms with Crippen molar-refractivity contribution in [2.24, 2.45) is 5.73 Å². The van der Waals surface area contributed by atoms with Gasteiger partial charge in [-0.05, 0) is 61.5 Å². The molecule has 8 nitrogen and oxygen atoms in total. The second kappa shape index (κ2) is 11.0. The van der Waals surface area contributed by atoms with E-state index in [2.05, 4.69) is 14.9 Å². The number of anilines is 3. The van der Waals surface area contributed by atoms with E-state index in [1.807, 2.05) is 66.7 Å². The van der Waals surface area contributed by atoms with Gasteiger partial charge >= 0.3 is 11.9 Å². The van der Waals surface area contributed by atoms with Gasteiger partial charge in [-0.3, -0.25) is 4.98 Å². The number of benzene rings is 2. The largest absolute Gasteiger partial charge is 0.478 e. The minimum Gasteiger partial charge on any atom is -0.478 e. The summed E-state index contributed by atoms with van der Waals surface area (Å²) in [6, 6.07) is 26.0. The van der Waals surface area contributed by atoms with Crippen molar-refractivity contribution in [2.75, 3.05) is 4.90 Å². The molecule has 2 aromatic carbocycles. The topological polar surface area (TPSA) is 130 Å². The van der Waals surface area contributed by atoms with Crippen LogP contribution in [0.25, 0.3) is 17.1 Å². The fraction of sp³-hybridized carbons (Fsp3) is 0.0345. The lowest BCUT2D eigenvalue weighted by atomic mass is 10.1. The van der Waals surface area contributed by atoms with Crippen LogP contribution in [0.3, 0.4) is 0 Å². The van der Waals surface area contributed by atoms with E-state index in [1.165, 1.54) is 24.3 Å². The van der Waals surface area contributed by atoms with Crippen molar-refractivity contribution in [1.82, 2.24) is 9.97 Å². The molecule has 0 aliphatic rings. The highest BCUT2D eigenvalue weighted by Crippen LogP contribution is 2.34. The molecular formula is C29H24N4O4. The van der Waals surface area contributed by atoms with Crippen LogP contribution in [0.15, 0.2) is 109 Å². The minimum atomic E-state index is -1.17. The first kappa shape index (κ1) is 24.9. The molecular weight excluding hydrogens is 468 g/mol. The van der Waals surface area contributed by atoms with Crippen molar-refractivity contribution in [3.05, 3.63) is 120 Å². The van der Waals surface area contributed by atoms with Gasteiger partial charge in [-0.15, -0.1) is 0 Å². The van der Waals surface area contributed by atoms with E-state index in [4.69, 9.17) is 5.73 Å². The van der Waals surface area contributed by atoms with E-state index < -0.39 is 11.9 Å². The maximum atomic E-state index is 11.8.